The Morgan fingerprint density at radius 3 is 2.41 bits per heavy atom. The summed E-state index contributed by atoms with van der Waals surface area (Å²) in [7, 11) is 0. The van der Waals surface area contributed by atoms with Gasteiger partial charge in [0, 0.05) is 11.6 Å². The Labute approximate surface area is 172 Å². The van der Waals surface area contributed by atoms with Crippen molar-refractivity contribution in [1.29, 1.82) is 0 Å². The van der Waals surface area contributed by atoms with Crippen LogP contribution in [0.2, 0.25) is 0 Å². The first-order valence-corrected chi connectivity index (χ1v) is 8.99. The Hall–Kier alpha value is -3.79. The highest BCUT2D eigenvalue weighted by Gasteiger charge is 2.19. The molecule has 3 aromatic rings. The minimum atomic E-state index is -0.705. The SMILES string of the molecule is O=[N+]([O-])c1ccc(N/N=C(\C=C\c2ccc(Br)o2)c2ccccc2)c([N+](=O)[O-])c1. The molecule has 0 aliphatic rings. The second-order valence-corrected chi connectivity index (χ2v) is 6.45. The van der Waals surface area contributed by atoms with E-state index < -0.39 is 15.5 Å². The van der Waals surface area contributed by atoms with Gasteiger partial charge in [-0.2, -0.15) is 5.10 Å². The number of hydrazone groups is 1. The Kier molecular flexibility index (Phi) is 6.15. The first-order valence-electron chi connectivity index (χ1n) is 8.19. The third-order valence-electron chi connectivity index (χ3n) is 3.75. The van der Waals surface area contributed by atoms with E-state index >= 15 is 0 Å². The highest BCUT2D eigenvalue weighted by molar-refractivity contribution is 9.10. The standard InChI is InChI=1S/C19H13BrN4O5/c20-19-11-8-15(29-19)7-10-16(13-4-2-1-3-5-13)21-22-17-9-6-14(23(25)26)12-18(17)24(27)28/h1-12,22H/b10-7+,21-16+. The van der Waals surface area contributed by atoms with Crippen LogP contribution in [-0.2, 0) is 0 Å². The Morgan fingerprint density at radius 2 is 1.79 bits per heavy atom. The van der Waals surface area contributed by atoms with Crippen molar-refractivity contribution in [2.75, 3.05) is 5.43 Å². The third-order valence-corrected chi connectivity index (χ3v) is 4.18. The lowest BCUT2D eigenvalue weighted by molar-refractivity contribution is -0.393. The van der Waals surface area contributed by atoms with Crippen molar-refractivity contribution in [2.24, 2.45) is 5.10 Å². The summed E-state index contributed by atoms with van der Waals surface area (Å²) in [5.41, 5.74) is 3.07. The molecule has 0 atom stereocenters. The van der Waals surface area contributed by atoms with Crippen molar-refractivity contribution in [3.8, 4) is 0 Å². The fraction of sp³-hybridized carbons (Fsp3) is 0. The van der Waals surface area contributed by atoms with E-state index in [-0.39, 0.29) is 11.4 Å². The molecule has 29 heavy (non-hydrogen) atoms. The first kappa shape index (κ1) is 20.0. The molecular formula is C19H13BrN4O5. The number of nitro benzene ring substituents is 2. The van der Waals surface area contributed by atoms with Gasteiger partial charge in [-0.15, -0.1) is 0 Å². The van der Waals surface area contributed by atoms with Crippen LogP contribution in [0, 0.1) is 20.2 Å². The number of rotatable bonds is 7. The molecule has 0 unspecified atom stereocenters. The molecule has 0 aliphatic carbocycles. The zero-order valence-corrected chi connectivity index (χ0v) is 16.3. The molecule has 0 saturated carbocycles. The summed E-state index contributed by atoms with van der Waals surface area (Å²) in [6, 6.07) is 16.0. The monoisotopic (exact) mass is 456 g/mol. The van der Waals surface area contributed by atoms with E-state index in [1.165, 1.54) is 12.1 Å². The number of nitrogens with zero attached hydrogens (tertiary/aromatic N) is 3. The smallest absolute Gasteiger partial charge is 0.301 e. The van der Waals surface area contributed by atoms with E-state index in [9.17, 15) is 20.2 Å². The van der Waals surface area contributed by atoms with Gasteiger partial charge in [0.05, 0.1) is 21.6 Å². The zero-order chi connectivity index (χ0) is 20.8. The lowest BCUT2D eigenvalue weighted by atomic mass is 10.1. The molecule has 0 radical (unpaired) electrons. The number of hydrogen-bond donors (Lipinski definition) is 1. The Bertz CT molecular complexity index is 1110. The molecule has 0 aliphatic heterocycles. The summed E-state index contributed by atoms with van der Waals surface area (Å²) in [6.45, 7) is 0. The van der Waals surface area contributed by atoms with Crippen molar-refractivity contribution >= 4 is 44.8 Å². The molecule has 10 heteroatoms. The number of benzene rings is 2. The van der Waals surface area contributed by atoms with Crippen LogP contribution in [0.1, 0.15) is 11.3 Å². The molecule has 1 aromatic heterocycles. The maximum absolute atomic E-state index is 11.3. The molecule has 9 nitrogen and oxygen atoms in total. The minimum absolute atomic E-state index is 0.0307. The minimum Gasteiger partial charge on any atom is -0.450 e. The number of nitro groups is 2. The summed E-state index contributed by atoms with van der Waals surface area (Å²) in [6.07, 6.45) is 3.38. The van der Waals surface area contributed by atoms with Gasteiger partial charge in [0.25, 0.3) is 5.69 Å². The van der Waals surface area contributed by atoms with Crippen LogP contribution in [0.4, 0.5) is 17.1 Å². The lowest BCUT2D eigenvalue weighted by Crippen LogP contribution is -2.03. The number of hydrogen-bond acceptors (Lipinski definition) is 7. The largest absolute Gasteiger partial charge is 0.450 e. The molecule has 0 spiro atoms. The van der Waals surface area contributed by atoms with Crippen LogP contribution >= 0.6 is 15.9 Å². The van der Waals surface area contributed by atoms with Gasteiger partial charge in [0.2, 0.25) is 0 Å². The van der Waals surface area contributed by atoms with Gasteiger partial charge < -0.3 is 4.42 Å². The number of halogens is 1. The van der Waals surface area contributed by atoms with E-state index in [1.807, 2.05) is 30.3 Å². The van der Waals surface area contributed by atoms with Crippen LogP contribution in [0.3, 0.4) is 0 Å². The maximum Gasteiger partial charge on any atom is 0.301 e. The molecular weight excluding hydrogens is 444 g/mol. The molecule has 1 N–H and O–H groups in total. The third kappa shape index (κ3) is 5.14. The van der Waals surface area contributed by atoms with Crippen molar-refractivity contribution in [1.82, 2.24) is 0 Å². The van der Waals surface area contributed by atoms with E-state index in [4.69, 9.17) is 4.42 Å². The van der Waals surface area contributed by atoms with Crippen molar-refractivity contribution < 1.29 is 14.3 Å². The van der Waals surface area contributed by atoms with Crippen LogP contribution in [0.15, 0.2) is 80.9 Å². The van der Waals surface area contributed by atoms with Crippen LogP contribution in [0.5, 0.6) is 0 Å². The van der Waals surface area contributed by atoms with Crippen LogP contribution in [-0.4, -0.2) is 15.6 Å². The fourth-order valence-electron chi connectivity index (χ4n) is 2.39. The van der Waals surface area contributed by atoms with Crippen molar-refractivity contribution in [2.45, 2.75) is 0 Å². The molecule has 0 amide bonds. The number of furan rings is 1. The Balaban J connectivity index is 1.95. The normalized spacial score (nSPS) is 11.6. The second-order valence-electron chi connectivity index (χ2n) is 5.67. The molecule has 146 valence electrons. The molecule has 1 heterocycles. The predicted octanol–water partition coefficient (Wildman–Crippen LogP) is 5.39. The predicted molar refractivity (Wildman–Crippen MR) is 112 cm³/mol. The van der Waals surface area contributed by atoms with E-state index in [0.717, 1.165) is 11.6 Å². The molecule has 0 saturated heterocycles. The summed E-state index contributed by atoms with van der Waals surface area (Å²) < 4.78 is 6.00. The first-order chi connectivity index (χ1) is 13.9. The highest BCUT2D eigenvalue weighted by Crippen LogP contribution is 2.29. The lowest BCUT2D eigenvalue weighted by Gasteiger charge is -2.05. The van der Waals surface area contributed by atoms with E-state index in [2.05, 4.69) is 26.5 Å². The molecule has 0 fully saturated rings. The highest BCUT2D eigenvalue weighted by atomic mass is 79.9. The summed E-state index contributed by atoms with van der Waals surface area (Å²) in [5.74, 6) is 0.585. The van der Waals surface area contributed by atoms with E-state index in [0.29, 0.717) is 16.1 Å². The van der Waals surface area contributed by atoms with E-state index in [1.54, 1.807) is 24.3 Å². The van der Waals surface area contributed by atoms with Gasteiger partial charge >= 0.3 is 5.69 Å². The molecule has 0 bridgehead atoms. The van der Waals surface area contributed by atoms with Crippen LogP contribution < -0.4 is 5.43 Å². The summed E-state index contributed by atoms with van der Waals surface area (Å²) in [4.78, 5) is 20.8. The number of nitrogens with one attached hydrogen (secondary N) is 1. The topological polar surface area (TPSA) is 124 Å². The molecule has 2 aromatic carbocycles. The summed E-state index contributed by atoms with van der Waals surface area (Å²) >= 11 is 3.23. The maximum atomic E-state index is 11.3. The quantitative estimate of drug-likeness (QED) is 0.288. The number of non-ortho nitro benzene ring substituents is 1. The average Bonchev–Trinajstić information content (AvgIpc) is 3.13. The van der Waals surface area contributed by atoms with Gasteiger partial charge in [0.15, 0.2) is 4.67 Å². The van der Waals surface area contributed by atoms with Gasteiger partial charge in [-0.25, -0.2) is 0 Å². The second kappa shape index (κ2) is 8.93. The number of allylic oxidation sites excluding steroid dienone is 1. The number of anilines is 1. The van der Waals surface area contributed by atoms with Crippen molar-refractivity contribution in [3.05, 3.63) is 103 Å². The summed E-state index contributed by atoms with van der Waals surface area (Å²) in [5, 5.41) is 26.4. The van der Waals surface area contributed by atoms with Crippen molar-refractivity contribution in [3.63, 3.8) is 0 Å². The van der Waals surface area contributed by atoms with Gasteiger partial charge in [-0.3, -0.25) is 25.7 Å². The van der Waals surface area contributed by atoms with Crippen LogP contribution in [0.25, 0.3) is 6.08 Å². The Morgan fingerprint density at radius 1 is 1.03 bits per heavy atom. The zero-order valence-electron chi connectivity index (χ0n) is 14.7. The van der Waals surface area contributed by atoms with Gasteiger partial charge in [-0.05, 0) is 46.3 Å². The van der Waals surface area contributed by atoms with Gasteiger partial charge in [0.1, 0.15) is 11.4 Å². The molecule has 3 rings (SSSR count). The fourth-order valence-corrected chi connectivity index (χ4v) is 2.70. The van der Waals surface area contributed by atoms with Gasteiger partial charge in [-0.1, -0.05) is 30.3 Å². The average molecular weight is 457 g/mol.